The summed E-state index contributed by atoms with van der Waals surface area (Å²) in [5.41, 5.74) is 7.26. The highest BCUT2D eigenvalue weighted by molar-refractivity contribution is 6.09. The van der Waals surface area contributed by atoms with Gasteiger partial charge in [-0.2, -0.15) is 5.26 Å². The van der Waals surface area contributed by atoms with E-state index in [9.17, 15) is 5.26 Å². The zero-order valence-electron chi connectivity index (χ0n) is 21.8. The monoisotopic (exact) mass is 513 g/mol. The highest BCUT2D eigenvalue weighted by atomic mass is 15.0. The number of benzene rings is 5. The summed E-state index contributed by atoms with van der Waals surface area (Å²) >= 11 is 0. The average molecular weight is 514 g/mol. The zero-order valence-corrected chi connectivity index (χ0v) is 21.8. The Morgan fingerprint density at radius 1 is 0.575 bits per heavy atom. The molecule has 2 aromatic heterocycles. The maximum absolute atomic E-state index is 10.3. The molecule has 5 aromatic carbocycles. The molecule has 0 N–H and O–H groups in total. The molecule has 2 heterocycles. The van der Waals surface area contributed by atoms with Gasteiger partial charge < -0.3 is 4.57 Å². The van der Waals surface area contributed by atoms with Gasteiger partial charge in [-0.15, -0.1) is 0 Å². The largest absolute Gasteiger partial charge is 0.309 e. The van der Waals surface area contributed by atoms with Crippen molar-refractivity contribution in [1.82, 2.24) is 19.5 Å². The molecule has 188 valence electrons. The van der Waals surface area contributed by atoms with Crippen molar-refractivity contribution in [2.24, 2.45) is 0 Å². The summed E-state index contributed by atoms with van der Waals surface area (Å²) in [7, 11) is 0. The third-order valence-electron chi connectivity index (χ3n) is 7.15. The van der Waals surface area contributed by atoms with Crippen LogP contribution in [0.5, 0.6) is 0 Å². The van der Waals surface area contributed by atoms with E-state index >= 15 is 0 Å². The first-order valence-corrected chi connectivity index (χ1v) is 13.1. The number of fused-ring (bicyclic) bond motifs is 3. The van der Waals surface area contributed by atoms with E-state index in [2.05, 4.69) is 54.0 Å². The molecule has 0 bridgehead atoms. The second-order valence-corrected chi connectivity index (χ2v) is 9.75. The molecule has 0 fully saturated rings. The fourth-order valence-corrected chi connectivity index (χ4v) is 5.25. The molecule has 5 nitrogen and oxygen atoms in total. The fourth-order valence-electron chi connectivity index (χ4n) is 5.25. The van der Waals surface area contributed by atoms with Gasteiger partial charge in [0.25, 0.3) is 0 Å². The van der Waals surface area contributed by atoms with Gasteiger partial charge in [-0.25, -0.2) is 15.0 Å². The number of hydrogen-bond acceptors (Lipinski definition) is 4. The molecule has 0 saturated heterocycles. The van der Waals surface area contributed by atoms with Crippen LogP contribution in [-0.4, -0.2) is 19.5 Å². The van der Waals surface area contributed by atoms with Crippen LogP contribution in [0, 0.1) is 18.3 Å². The normalized spacial score (nSPS) is 11.1. The van der Waals surface area contributed by atoms with Gasteiger partial charge in [-0.05, 0) is 43.3 Å². The Bertz CT molecular complexity index is 2010. The van der Waals surface area contributed by atoms with Crippen molar-refractivity contribution >= 4 is 21.8 Å². The molecule has 0 aliphatic rings. The third kappa shape index (κ3) is 4.00. The minimum absolute atomic E-state index is 0.466. The fraction of sp³-hybridized carbons (Fsp3) is 0.0286. The van der Waals surface area contributed by atoms with E-state index in [1.54, 1.807) is 0 Å². The molecule has 5 heteroatoms. The summed E-state index contributed by atoms with van der Waals surface area (Å²) in [6, 6.07) is 42.9. The molecule has 0 saturated carbocycles. The molecule has 0 atom stereocenters. The van der Waals surface area contributed by atoms with E-state index in [-0.39, 0.29) is 0 Å². The lowest BCUT2D eigenvalue weighted by Crippen LogP contribution is -2.02. The number of hydrogen-bond donors (Lipinski definition) is 0. The Hall–Kier alpha value is -5.60. The van der Waals surface area contributed by atoms with Crippen LogP contribution in [0.1, 0.15) is 11.1 Å². The number of para-hydroxylation sites is 1. The van der Waals surface area contributed by atoms with Crippen molar-refractivity contribution in [3.8, 4) is 45.9 Å². The van der Waals surface area contributed by atoms with Crippen molar-refractivity contribution in [2.75, 3.05) is 0 Å². The lowest BCUT2D eigenvalue weighted by Gasteiger charge is -2.12. The van der Waals surface area contributed by atoms with Gasteiger partial charge in [0.15, 0.2) is 17.5 Å². The van der Waals surface area contributed by atoms with Crippen molar-refractivity contribution in [1.29, 1.82) is 5.26 Å². The maximum atomic E-state index is 10.3. The quantitative estimate of drug-likeness (QED) is 0.238. The topological polar surface area (TPSA) is 67.4 Å². The molecule has 0 radical (unpaired) electrons. The van der Waals surface area contributed by atoms with Crippen LogP contribution in [0.2, 0.25) is 0 Å². The second kappa shape index (κ2) is 9.61. The van der Waals surface area contributed by atoms with Gasteiger partial charge in [-0.1, -0.05) is 90.5 Å². The van der Waals surface area contributed by atoms with Crippen LogP contribution in [0.3, 0.4) is 0 Å². The first-order chi connectivity index (χ1) is 19.7. The van der Waals surface area contributed by atoms with Crippen LogP contribution in [-0.2, 0) is 0 Å². The van der Waals surface area contributed by atoms with E-state index in [1.165, 1.54) is 16.3 Å². The molecule has 0 unspecified atom stereocenters. The van der Waals surface area contributed by atoms with Gasteiger partial charge in [0, 0.05) is 33.2 Å². The number of rotatable bonds is 4. The Morgan fingerprint density at radius 3 is 1.85 bits per heavy atom. The number of nitrogens with zero attached hydrogens (tertiary/aromatic N) is 5. The van der Waals surface area contributed by atoms with E-state index < -0.39 is 0 Å². The Labute approximate surface area is 231 Å². The van der Waals surface area contributed by atoms with E-state index in [1.807, 2.05) is 84.9 Å². The van der Waals surface area contributed by atoms with Gasteiger partial charge in [-0.3, -0.25) is 0 Å². The van der Waals surface area contributed by atoms with Gasteiger partial charge in [0.1, 0.15) is 0 Å². The molecular weight excluding hydrogens is 490 g/mol. The summed E-state index contributed by atoms with van der Waals surface area (Å²) in [4.78, 5) is 14.4. The summed E-state index contributed by atoms with van der Waals surface area (Å²) in [6.07, 6.45) is 0. The van der Waals surface area contributed by atoms with Crippen LogP contribution >= 0.6 is 0 Å². The highest BCUT2D eigenvalue weighted by Gasteiger charge is 2.17. The highest BCUT2D eigenvalue weighted by Crippen LogP contribution is 2.34. The van der Waals surface area contributed by atoms with Gasteiger partial charge >= 0.3 is 0 Å². The maximum Gasteiger partial charge on any atom is 0.165 e. The molecule has 0 aliphatic heterocycles. The smallest absolute Gasteiger partial charge is 0.165 e. The Balaban J connectivity index is 1.43. The third-order valence-corrected chi connectivity index (χ3v) is 7.15. The second-order valence-electron chi connectivity index (χ2n) is 9.75. The van der Waals surface area contributed by atoms with Crippen LogP contribution in [0.4, 0.5) is 0 Å². The first kappa shape index (κ1) is 23.5. The van der Waals surface area contributed by atoms with E-state index in [0.717, 1.165) is 27.8 Å². The average Bonchev–Trinajstić information content (AvgIpc) is 3.35. The minimum Gasteiger partial charge on any atom is -0.309 e. The summed E-state index contributed by atoms with van der Waals surface area (Å²) < 4.78 is 2.22. The molecule has 7 aromatic rings. The van der Waals surface area contributed by atoms with Crippen molar-refractivity contribution < 1.29 is 0 Å². The Kier molecular flexibility index (Phi) is 5.65. The van der Waals surface area contributed by atoms with Crippen LogP contribution in [0.25, 0.3) is 61.7 Å². The number of aromatic nitrogens is 4. The number of aryl methyl sites for hydroxylation is 1. The molecule has 7 rings (SSSR count). The van der Waals surface area contributed by atoms with Crippen molar-refractivity contribution in [2.45, 2.75) is 6.92 Å². The number of nitriles is 1. The van der Waals surface area contributed by atoms with E-state index in [0.29, 0.717) is 28.6 Å². The first-order valence-electron chi connectivity index (χ1n) is 13.1. The summed E-state index contributed by atoms with van der Waals surface area (Å²) in [5, 5.41) is 12.7. The van der Waals surface area contributed by atoms with Crippen LogP contribution in [0.15, 0.2) is 121 Å². The SMILES string of the molecule is Cc1ccc2c(c1)c1ccccc1n2-c1ccc(-c2nc(-c3ccccc3)nc(-c3ccccc3)n2)c(C#N)c1. The zero-order chi connectivity index (χ0) is 27.1. The van der Waals surface area contributed by atoms with Crippen molar-refractivity contribution in [3.63, 3.8) is 0 Å². The van der Waals surface area contributed by atoms with Gasteiger partial charge in [0.05, 0.1) is 22.7 Å². The van der Waals surface area contributed by atoms with Gasteiger partial charge in [0.2, 0.25) is 0 Å². The molecule has 0 amide bonds. The Morgan fingerprint density at radius 2 is 1.18 bits per heavy atom. The van der Waals surface area contributed by atoms with Crippen molar-refractivity contribution in [3.05, 3.63) is 132 Å². The molecule has 0 aliphatic carbocycles. The molecule has 0 spiro atoms. The predicted molar refractivity (Wildman–Crippen MR) is 160 cm³/mol. The molecular formula is C35H23N5. The lowest BCUT2D eigenvalue weighted by molar-refractivity contribution is 1.07. The lowest BCUT2D eigenvalue weighted by atomic mass is 10.1. The predicted octanol–water partition coefficient (Wildman–Crippen LogP) is 8.15. The van der Waals surface area contributed by atoms with Crippen LogP contribution < -0.4 is 0 Å². The minimum atomic E-state index is 0.466. The van der Waals surface area contributed by atoms with E-state index in [4.69, 9.17) is 15.0 Å². The standard InChI is InChI=1S/C35H23N5/c1-23-16-19-32-30(20-23)29-14-8-9-15-31(29)40(32)27-17-18-28(26(21-27)22-36)35-38-33(24-10-4-2-5-11-24)37-34(39-35)25-12-6-3-7-13-25/h2-21H,1H3. The summed E-state index contributed by atoms with van der Waals surface area (Å²) in [5.74, 6) is 1.60. The molecule has 40 heavy (non-hydrogen) atoms. The summed E-state index contributed by atoms with van der Waals surface area (Å²) in [6.45, 7) is 2.11.